The largest absolute Gasteiger partial charge is 0.292 e. The lowest BCUT2D eigenvalue weighted by Gasteiger charge is -2.08. The van der Waals surface area contributed by atoms with E-state index in [1.807, 2.05) is 6.07 Å². The molecule has 0 N–H and O–H groups in total. The van der Waals surface area contributed by atoms with E-state index in [-0.39, 0.29) is 11.4 Å². The molecule has 1 aromatic carbocycles. The molecule has 0 saturated heterocycles. The van der Waals surface area contributed by atoms with Crippen LogP contribution in [0.4, 0.5) is 13.2 Å². The van der Waals surface area contributed by atoms with E-state index in [0.29, 0.717) is 5.16 Å². The van der Waals surface area contributed by atoms with Gasteiger partial charge in [0.1, 0.15) is 0 Å². The highest BCUT2D eigenvalue weighted by Gasteiger charge is 2.16. The maximum atomic E-state index is 13.6. The Morgan fingerprint density at radius 1 is 1.28 bits per heavy atom. The van der Waals surface area contributed by atoms with Crippen LogP contribution in [0.2, 0.25) is 0 Å². The molecular formula is C11H6F3N3S. The maximum Gasteiger partial charge on any atom is 0.196 e. The second-order valence-corrected chi connectivity index (χ2v) is 4.16. The van der Waals surface area contributed by atoms with Crippen LogP contribution in [0.3, 0.4) is 0 Å². The van der Waals surface area contributed by atoms with Crippen LogP contribution in [-0.4, -0.2) is 15.3 Å². The third kappa shape index (κ3) is 2.19. The second-order valence-electron chi connectivity index (χ2n) is 3.22. The molecule has 0 radical (unpaired) electrons. The lowest BCUT2D eigenvalue weighted by molar-refractivity contribution is 0.443. The highest BCUT2D eigenvalue weighted by molar-refractivity contribution is 7.99. The van der Waals surface area contributed by atoms with Gasteiger partial charge in [-0.3, -0.25) is 4.57 Å². The Hall–Kier alpha value is -1.94. The van der Waals surface area contributed by atoms with Gasteiger partial charge in [0, 0.05) is 12.4 Å². The van der Waals surface area contributed by atoms with Crippen molar-refractivity contribution in [1.82, 2.24) is 9.55 Å². The summed E-state index contributed by atoms with van der Waals surface area (Å²) in [7, 11) is 0. The maximum absolute atomic E-state index is 13.6. The lowest BCUT2D eigenvalue weighted by atomic mass is 10.3. The van der Waals surface area contributed by atoms with Crippen LogP contribution in [0.1, 0.15) is 0 Å². The smallest absolute Gasteiger partial charge is 0.196 e. The summed E-state index contributed by atoms with van der Waals surface area (Å²) in [6, 6.07) is 3.86. The number of nitriles is 1. The summed E-state index contributed by atoms with van der Waals surface area (Å²) in [5.74, 6) is -3.94. The summed E-state index contributed by atoms with van der Waals surface area (Å²) in [6.07, 6.45) is 2.80. The minimum atomic E-state index is -1.53. The molecule has 0 aliphatic carbocycles. The molecule has 2 rings (SSSR count). The second kappa shape index (κ2) is 5.14. The van der Waals surface area contributed by atoms with Crippen molar-refractivity contribution in [3.63, 3.8) is 0 Å². The number of benzene rings is 1. The first kappa shape index (κ1) is 12.5. The van der Waals surface area contributed by atoms with Crippen LogP contribution in [0.25, 0.3) is 5.69 Å². The minimum Gasteiger partial charge on any atom is -0.292 e. The van der Waals surface area contributed by atoms with E-state index in [2.05, 4.69) is 4.98 Å². The summed E-state index contributed by atoms with van der Waals surface area (Å²) >= 11 is 1.08. The molecule has 0 aliphatic heterocycles. The van der Waals surface area contributed by atoms with Crippen molar-refractivity contribution >= 4 is 11.8 Å². The van der Waals surface area contributed by atoms with Gasteiger partial charge >= 0.3 is 0 Å². The van der Waals surface area contributed by atoms with Gasteiger partial charge in [0.15, 0.2) is 22.6 Å². The number of nitrogens with zero attached hydrogens (tertiary/aromatic N) is 3. The number of rotatable bonds is 3. The highest BCUT2D eigenvalue weighted by Crippen LogP contribution is 2.24. The zero-order valence-electron chi connectivity index (χ0n) is 8.90. The number of thioether (sulfide) groups is 1. The van der Waals surface area contributed by atoms with Crippen LogP contribution >= 0.6 is 11.8 Å². The zero-order valence-corrected chi connectivity index (χ0v) is 9.72. The quantitative estimate of drug-likeness (QED) is 0.635. The molecule has 0 aliphatic rings. The topological polar surface area (TPSA) is 41.6 Å². The van der Waals surface area contributed by atoms with Gasteiger partial charge in [0.05, 0.1) is 17.5 Å². The molecule has 0 saturated carbocycles. The van der Waals surface area contributed by atoms with Crippen molar-refractivity contribution in [2.45, 2.75) is 5.16 Å². The van der Waals surface area contributed by atoms with Crippen LogP contribution in [-0.2, 0) is 0 Å². The first-order valence-corrected chi connectivity index (χ1v) is 5.80. The van der Waals surface area contributed by atoms with Gasteiger partial charge in [0.2, 0.25) is 0 Å². The van der Waals surface area contributed by atoms with Gasteiger partial charge < -0.3 is 0 Å². The predicted octanol–water partition coefficient (Wildman–Crippen LogP) is 2.91. The number of hydrogen-bond acceptors (Lipinski definition) is 3. The number of aromatic nitrogens is 2. The summed E-state index contributed by atoms with van der Waals surface area (Å²) < 4.78 is 40.8. The van der Waals surface area contributed by atoms with E-state index in [4.69, 9.17) is 5.26 Å². The molecule has 1 heterocycles. The van der Waals surface area contributed by atoms with E-state index in [1.165, 1.54) is 17.0 Å². The minimum absolute atomic E-state index is 0.127. The van der Waals surface area contributed by atoms with Gasteiger partial charge in [-0.1, -0.05) is 11.8 Å². The Bertz CT molecular complexity index is 618. The Balaban J connectivity index is 2.47. The van der Waals surface area contributed by atoms with Crippen LogP contribution in [0.15, 0.2) is 29.7 Å². The molecule has 92 valence electrons. The number of halogens is 3. The Morgan fingerprint density at radius 3 is 2.78 bits per heavy atom. The summed E-state index contributed by atoms with van der Waals surface area (Å²) in [5, 5.41) is 8.80. The molecule has 3 nitrogen and oxygen atoms in total. The van der Waals surface area contributed by atoms with E-state index in [1.54, 1.807) is 0 Å². The van der Waals surface area contributed by atoms with Gasteiger partial charge in [-0.25, -0.2) is 18.2 Å². The van der Waals surface area contributed by atoms with E-state index in [9.17, 15) is 13.2 Å². The molecule has 0 spiro atoms. The SMILES string of the molecule is N#CCSc1nccn1-c1ccc(F)c(F)c1F. The fraction of sp³-hybridized carbons (Fsp3) is 0.0909. The summed E-state index contributed by atoms with van der Waals surface area (Å²) in [6.45, 7) is 0. The molecule has 0 amide bonds. The molecule has 18 heavy (non-hydrogen) atoms. The first-order chi connectivity index (χ1) is 8.65. The monoisotopic (exact) mass is 269 g/mol. The third-order valence-electron chi connectivity index (χ3n) is 2.15. The Morgan fingerprint density at radius 2 is 2.06 bits per heavy atom. The molecular weight excluding hydrogens is 263 g/mol. The molecule has 0 bridgehead atoms. The van der Waals surface area contributed by atoms with Crippen LogP contribution in [0, 0.1) is 28.8 Å². The molecule has 0 unspecified atom stereocenters. The third-order valence-corrected chi connectivity index (χ3v) is 2.98. The standard InChI is InChI=1S/C11H6F3N3S/c12-7-1-2-8(10(14)9(7)13)17-5-4-16-11(17)18-6-3-15/h1-2,4-5H,6H2. The Labute approximate surface area is 105 Å². The van der Waals surface area contributed by atoms with Gasteiger partial charge in [0.25, 0.3) is 0 Å². The zero-order chi connectivity index (χ0) is 13.1. The molecule has 1 aromatic heterocycles. The lowest BCUT2D eigenvalue weighted by Crippen LogP contribution is -2.02. The summed E-state index contributed by atoms with van der Waals surface area (Å²) in [5.41, 5.74) is -0.146. The molecule has 0 atom stereocenters. The Kier molecular flexibility index (Phi) is 3.58. The fourth-order valence-corrected chi connectivity index (χ4v) is 2.01. The van der Waals surface area contributed by atoms with Crippen molar-refractivity contribution in [2.75, 3.05) is 5.75 Å². The van der Waals surface area contributed by atoms with Crippen molar-refractivity contribution in [2.24, 2.45) is 0 Å². The van der Waals surface area contributed by atoms with E-state index < -0.39 is 17.5 Å². The summed E-state index contributed by atoms with van der Waals surface area (Å²) in [4.78, 5) is 3.92. The van der Waals surface area contributed by atoms with E-state index >= 15 is 0 Å². The predicted molar refractivity (Wildman–Crippen MR) is 59.8 cm³/mol. The van der Waals surface area contributed by atoms with E-state index in [0.717, 1.165) is 23.9 Å². The van der Waals surface area contributed by atoms with Crippen molar-refractivity contribution < 1.29 is 13.2 Å². The van der Waals surface area contributed by atoms with Crippen molar-refractivity contribution in [3.8, 4) is 11.8 Å². The van der Waals surface area contributed by atoms with Gasteiger partial charge in [-0.15, -0.1) is 0 Å². The van der Waals surface area contributed by atoms with Crippen LogP contribution < -0.4 is 0 Å². The molecule has 7 heteroatoms. The molecule has 0 fully saturated rings. The molecule has 2 aromatic rings. The number of imidazole rings is 1. The average Bonchev–Trinajstić information content (AvgIpc) is 2.82. The first-order valence-electron chi connectivity index (χ1n) is 4.82. The van der Waals surface area contributed by atoms with Crippen LogP contribution in [0.5, 0.6) is 0 Å². The van der Waals surface area contributed by atoms with Gasteiger partial charge in [-0.05, 0) is 12.1 Å². The van der Waals surface area contributed by atoms with Crippen molar-refractivity contribution in [3.05, 3.63) is 42.0 Å². The van der Waals surface area contributed by atoms with Crippen molar-refractivity contribution in [1.29, 1.82) is 5.26 Å². The average molecular weight is 269 g/mol. The number of hydrogen-bond donors (Lipinski definition) is 0. The van der Waals surface area contributed by atoms with Gasteiger partial charge in [-0.2, -0.15) is 5.26 Å². The highest BCUT2D eigenvalue weighted by atomic mass is 32.2. The fourth-order valence-electron chi connectivity index (χ4n) is 1.38. The normalized spacial score (nSPS) is 10.3.